The number of nitrogens with one attached hydrogen (secondary N) is 2. The van der Waals surface area contributed by atoms with E-state index in [9.17, 15) is 4.79 Å². The lowest BCUT2D eigenvalue weighted by molar-refractivity contribution is -0.115. The second-order valence-corrected chi connectivity index (χ2v) is 8.54. The minimum absolute atomic E-state index is 0.0923. The topological polar surface area (TPSA) is 97.9 Å². The molecule has 0 bridgehead atoms. The van der Waals surface area contributed by atoms with Crippen LogP contribution in [0.3, 0.4) is 0 Å². The van der Waals surface area contributed by atoms with Gasteiger partial charge in [-0.3, -0.25) is 4.79 Å². The molecule has 0 spiro atoms. The highest BCUT2D eigenvalue weighted by Crippen LogP contribution is 2.30. The fourth-order valence-corrected chi connectivity index (χ4v) is 4.17. The van der Waals surface area contributed by atoms with E-state index in [1.54, 1.807) is 12.5 Å². The lowest BCUT2D eigenvalue weighted by Gasteiger charge is -2.15. The molecule has 0 aliphatic carbocycles. The molecule has 3 rings (SSSR count). The van der Waals surface area contributed by atoms with Crippen LogP contribution in [0.5, 0.6) is 0 Å². The van der Waals surface area contributed by atoms with Crippen LogP contribution in [-0.4, -0.2) is 31.1 Å². The summed E-state index contributed by atoms with van der Waals surface area (Å²) in [6.07, 6.45) is 4.26. The highest BCUT2D eigenvalue weighted by atomic mass is 32.2. The predicted octanol–water partition coefficient (Wildman–Crippen LogP) is 4.03. The Kier molecular flexibility index (Phi) is 6.51. The number of amides is 1. The molecule has 0 saturated carbocycles. The van der Waals surface area contributed by atoms with Crippen molar-refractivity contribution in [1.29, 1.82) is 0 Å². The van der Waals surface area contributed by atoms with E-state index in [0.717, 1.165) is 16.5 Å². The lowest BCUT2D eigenvalue weighted by Crippen LogP contribution is -2.24. The van der Waals surface area contributed by atoms with Gasteiger partial charge in [-0.05, 0) is 32.4 Å². The molecule has 10 heteroatoms. The van der Waals surface area contributed by atoms with Gasteiger partial charge < -0.3 is 15.1 Å². The van der Waals surface area contributed by atoms with Crippen LogP contribution in [-0.2, 0) is 11.3 Å². The molecule has 27 heavy (non-hydrogen) atoms. The van der Waals surface area contributed by atoms with Crippen molar-refractivity contribution in [2.45, 2.75) is 49.4 Å². The number of carbonyl (C=O) groups excluding carboxylic acids is 1. The summed E-state index contributed by atoms with van der Waals surface area (Å²) in [6, 6.07) is 5.76. The highest BCUT2D eigenvalue weighted by Gasteiger charge is 2.19. The number of hydrogen-bond acceptors (Lipinski definition) is 8. The minimum atomic E-state index is -0.309. The molecule has 0 unspecified atom stereocenters. The Balaban J connectivity index is 1.53. The highest BCUT2D eigenvalue weighted by molar-refractivity contribution is 8.02. The van der Waals surface area contributed by atoms with E-state index in [0.29, 0.717) is 17.5 Å². The monoisotopic (exact) mass is 406 g/mol. The Morgan fingerprint density at radius 1 is 1.37 bits per heavy atom. The van der Waals surface area contributed by atoms with Gasteiger partial charge >= 0.3 is 0 Å². The maximum Gasteiger partial charge on any atom is 0.238 e. The van der Waals surface area contributed by atoms with Gasteiger partial charge in [0.25, 0.3) is 0 Å². The first-order valence-corrected chi connectivity index (χ1v) is 10.4. The number of anilines is 2. The molecule has 0 fully saturated rings. The molecule has 0 aliphatic rings. The summed E-state index contributed by atoms with van der Waals surface area (Å²) in [6.45, 7) is 6.55. The number of aromatic nitrogens is 4. The van der Waals surface area contributed by atoms with Crippen molar-refractivity contribution in [3.63, 3.8) is 0 Å². The SMILES string of the molecule is CC[C@@H](C)n1nccc1NC(=O)[C@@H](C)Sc1nnc(NCc2ccco2)s1. The molecule has 3 aromatic heterocycles. The third-order valence-electron chi connectivity index (χ3n) is 3.98. The zero-order valence-corrected chi connectivity index (χ0v) is 17.0. The van der Waals surface area contributed by atoms with Gasteiger partial charge in [-0.15, -0.1) is 10.2 Å². The van der Waals surface area contributed by atoms with Crippen molar-refractivity contribution in [3.05, 3.63) is 36.4 Å². The van der Waals surface area contributed by atoms with E-state index in [1.165, 1.54) is 23.1 Å². The molecule has 2 atom stereocenters. The second kappa shape index (κ2) is 9.05. The number of carbonyl (C=O) groups is 1. The van der Waals surface area contributed by atoms with Gasteiger partial charge in [0.15, 0.2) is 4.34 Å². The Labute approximate surface area is 165 Å². The van der Waals surface area contributed by atoms with Gasteiger partial charge in [0, 0.05) is 6.07 Å². The van der Waals surface area contributed by atoms with Crippen LogP contribution in [0.25, 0.3) is 0 Å². The molecular formula is C17H22N6O2S2. The van der Waals surface area contributed by atoms with Gasteiger partial charge in [0.05, 0.1) is 30.3 Å². The van der Waals surface area contributed by atoms with Crippen LogP contribution in [0.2, 0.25) is 0 Å². The Bertz CT molecular complexity index is 861. The lowest BCUT2D eigenvalue weighted by atomic mass is 10.3. The molecule has 2 N–H and O–H groups in total. The van der Waals surface area contributed by atoms with Crippen LogP contribution < -0.4 is 10.6 Å². The summed E-state index contributed by atoms with van der Waals surface area (Å²) >= 11 is 2.79. The minimum Gasteiger partial charge on any atom is -0.467 e. The Morgan fingerprint density at radius 3 is 2.96 bits per heavy atom. The molecule has 0 radical (unpaired) electrons. The zero-order valence-electron chi connectivity index (χ0n) is 15.4. The Hall–Kier alpha value is -2.33. The number of furan rings is 1. The predicted molar refractivity (Wildman–Crippen MR) is 107 cm³/mol. The average molecular weight is 407 g/mol. The van der Waals surface area contributed by atoms with E-state index in [2.05, 4.69) is 39.8 Å². The zero-order chi connectivity index (χ0) is 19.2. The van der Waals surface area contributed by atoms with E-state index < -0.39 is 0 Å². The van der Waals surface area contributed by atoms with Gasteiger partial charge in [-0.25, -0.2) is 4.68 Å². The van der Waals surface area contributed by atoms with E-state index >= 15 is 0 Å². The van der Waals surface area contributed by atoms with Gasteiger partial charge in [-0.2, -0.15) is 5.10 Å². The number of hydrogen-bond donors (Lipinski definition) is 2. The summed E-state index contributed by atoms with van der Waals surface area (Å²) in [5.41, 5.74) is 0. The smallest absolute Gasteiger partial charge is 0.238 e. The standard InChI is InChI=1S/C17H22N6O2S2/c1-4-11(2)23-14(7-8-19-23)20-15(24)12(3)26-17-22-21-16(27-17)18-10-13-6-5-9-25-13/h5-9,11-12H,4,10H2,1-3H3,(H,18,21)(H,20,24)/t11-,12-/m1/s1. The van der Waals surface area contributed by atoms with Crippen molar-refractivity contribution < 1.29 is 9.21 Å². The quantitative estimate of drug-likeness (QED) is 0.518. The first-order valence-electron chi connectivity index (χ1n) is 8.67. The second-order valence-electron chi connectivity index (χ2n) is 5.97. The molecule has 144 valence electrons. The van der Waals surface area contributed by atoms with E-state index in [-0.39, 0.29) is 17.2 Å². The molecule has 3 heterocycles. The Morgan fingerprint density at radius 2 is 2.22 bits per heavy atom. The third-order valence-corrected chi connectivity index (χ3v) is 6.04. The molecule has 0 aliphatic heterocycles. The van der Waals surface area contributed by atoms with Crippen LogP contribution in [0.15, 0.2) is 39.4 Å². The molecular weight excluding hydrogens is 384 g/mol. The molecule has 3 aromatic rings. The number of rotatable bonds is 9. The summed E-state index contributed by atoms with van der Waals surface area (Å²) in [5.74, 6) is 1.44. The van der Waals surface area contributed by atoms with Gasteiger partial charge in [0.1, 0.15) is 11.6 Å². The fourth-order valence-electron chi connectivity index (χ4n) is 2.27. The molecule has 1 amide bonds. The normalized spacial score (nSPS) is 13.3. The maximum atomic E-state index is 12.5. The van der Waals surface area contributed by atoms with E-state index in [4.69, 9.17) is 4.42 Å². The van der Waals surface area contributed by atoms with Crippen molar-refractivity contribution >= 4 is 40.0 Å². The van der Waals surface area contributed by atoms with Crippen LogP contribution in [0.4, 0.5) is 10.9 Å². The summed E-state index contributed by atoms with van der Waals surface area (Å²) in [5, 5.41) is 19.0. The van der Waals surface area contributed by atoms with Crippen molar-refractivity contribution in [2.24, 2.45) is 0 Å². The maximum absolute atomic E-state index is 12.5. The first-order chi connectivity index (χ1) is 13.1. The van der Waals surface area contributed by atoms with Gasteiger partial charge in [0.2, 0.25) is 11.0 Å². The van der Waals surface area contributed by atoms with Gasteiger partial charge in [-0.1, -0.05) is 30.0 Å². The van der Waals surface area contributed by atoms with Crippen LogP contribution in [0, 0.1) is 0 Å². The third kappa shape index (κ3) is 5.10. The number of thioether (sulfide) groups is 1. The summed E-state index contributed by atoms with van der Waals surface area (Å²) in [7, 11) is 0. The average Bonchev–Trinajstić information content (AvgIpc) is 3.41. The van der Waals surface area contributed by atoms with Crippen molar-refractivity contribution in [1.82, 2.24) is 20.0 Å². The van der Waals surface area contributed by atoms with Crippen LogP contribution in [0.1, 0.15) is 39.0 Å². The molecule has 0 saturated heterocycles. The molecule has 0 aromatic carbocycles. The van der Waals surface area contributed by atoms with Crippen molar-refractivity contribution in [2.75, 3.05) is 10.6 Å². The fraction of sp³-hybridized carbons (Fsp3) is 0.412. The first kappa shape index (κ1) is 19.4. The summed E-state index contributed by atoms with van der Waals surface area (Å²) < 4.78 is 7.83. The molecule has 8 nitrogen and oxygen atoms in total. The number of nitrogens with zero attached hydrogens (tertiary/aromatic N) is 4. The summed E-state index contributed by atoms with van der Waals surface area (Å²) in [4.78, 5) is 12.5. The van der Waals surface area contributed by atoms with Crippen molar-refractivity contribution in [3.8, 4) is 0 Å². The van der Waals surface area contributed by atoms with Crippen LogP contribution >= 0.6 is 23.1 Å². The largest absolute Gasteiger partial charge is 0.467 e. The van der Waals surface area contributed by atoms with E-state index in [1.807, 2.05) is 29.8 Å².